The number of hydrogen-bond acceptors (Lipinski definition) is 8. The molecule has 2 saturated carbocycles. The number of amidine groups is 1. The molecule has 0 bridgehead atoms. The number of carbonyl (C=O) groups is 5. The summed E-state index contributed by atoms with van der Waals surface area (Å²) < 4.78 is 15.8. The van der Waals surface area contributed by atoms with E-state index in [0.29, 0.717) is 19.3 Å². The van der Waals surface area contributed by atoms with Gasteiger partial charge in [-0.2, -0.15) is 4.99 Å². The molecule has 2 N–H and O–H groups in total. The SMILES string of the molecule is CCC(N)=NC(=O)[C@@H]1C[C@]2(C)[C@H]3C(=O)[C@@H](OC(C)=O)C[C@@H](C(=O)OC)[C@]3(C)CC[C@H]2C(=O)O1. The molecule has 1 saturated heterocycles. The monoisotopic (exact) mass is 464 g/mol. The quantitative estimate of drug-likeness (QED) is 0.281. The van der Waals surface area contributed by atoms with Gasteiger partial charge in [-0.15, -0.1) is 0 Å². The number of amides is 1. The van der Waals surface area contributed by atoms with E-state index in [1.807, 2.05) is 6.92 Å². The van der Waals surface area contributed by atoms with E-state index < -0.39 is 64.6 Å². The van der Waals surface area contributed by atoms with Crippen LogP contribution in [0.1, 0.15) is 59.8 Å². The third-order valence-electron chi connectivity index (χ3n) is 7.79. The standard InChI is InChI=1S/C23H32N2O8/c1-6-16(24)25-19(28)15-10-23(4)12(21(30)33-15)7-8-22(3)13(20(29)31-5)9-14(32-11(2)26)17(27)18(22)23/h12-15,18H,6-10H2,1-5H3,(H2,24,25,28)/t12-,13-,14-,15-,18-,22-,23-/m0/s1. The molecule has 7 atom stereocenters. The molecule has 0 aromatic heterocycles. The number of nitrogens with zero attached hydrogens (tertiary/aromatic N) is 1. The van der Waals surface area contributed by atoms with Gasteiger partial charge in [0.05, 0.1) is 18.9 Å². The lowest BCUT2D eigenvalue weighted by Crippen LogP contribution is -2.65. The fraction of sp³-hybridized carbons (Fsp3) is 0.739. The fourth-order valence-corrected chi connectivity index (χ4v) is 6.25. The average molecular weight is 465 g/mol. The first kappa shape index (κ1) is 24.9. The van der Waals surface area contributed by atoms with E-state index in [0.717, 1.165) is 0 Å². The second-order valence-corrected chi connectivity index (χ2v) is 9.77. The van der Waals surface area contributed by atoms with Crippen LogP contribution in [0, 0.1) is 28.6 Å². The lowest BCUT2D eigenvalue weighted by atomic mass is 9.43. The van der Waals surface area contributed by atoms with Gasteiger partial charge >= 0.3 is 17.9 Å². The van der Waals surface area contributed by atoms with E-state index in [1.54, 1.807) is 13.8 Å². The Morgan fingerprint density at radius 1 is 1.21 bits per heavy atom. The van der Waals surface area contributed by atoms with Crippen LogP contribution in [-0.2, 0) is 38.2 Å². The van der Waals surface area contributed by atoms with Crippen LogP contribution in [0.3, 0.4) is 0 Å². The Morgan fingerprint density at radius 3 is 2.45 bits per heavy atom. The van der Waals surface area contributed by atoms with Gasteiger partial charge in [-0.3, -0.25) is 24.0 Å². The molecule has 0 aromatic carbocycles. The molecule has 1 amide bonds. The predicted octanol–water partition coefficient (Wildman–Crippen LogP) is 1.33. The highest BCUT2D eigenvalue weighted by atomic mass is 16.6. The van der Waals surface area contributed by atoms with Gasteiger partial charge in [0.25, 0.3) is 5.91 Å². The Balaban J connectivity index is 2.08. The molecule has 0 unspecified atom stereocenters. The summed E-state index contributed by atoms with van der Waals surface area (Å²) in [5.74, 6) is -4.83. The summed E-state index contributed by atoms with van der Waals surface area (Å²) in [5.41, 5.74) is 3.84. The Hall–Kier alpha value is -2.78. The maximum absolute atomic E-state index is 13.7. The van der Waals surface area contributed by atoms with Crippen molar-refractivity contribution in [3.8, 4) is 0 Å². The number of fused-ring (bicyclic) bond motifs is 3. The Kier molecular flexibility index (Phi) is 6.68. The molecule has 3 aliphatic rings. The van der Waals surface area contributed by atoms with E-state index in [2.05, 4.69) is 4.99 Å². The summed E-state index contributed by atoms with van der Waals surface area (Å²) in [6, 6.07) is 0. The molecule has 10 heteroatoms. The number of ketones is 1. The number of ether oxygens (including phenoxy) is 3. The van der Waals surface area contributed by atoms with Crippen molar-refractivity contribution in [1.29, 1.82) is 0 Å². The number of nitrogens with two attached hydrogens (primary N) is 1. The van der Waals surface area contributed by atoms with E-state index in [4.69, 9.17) is 19.9 Å². The molecule has 0 radical (unpaired) electrons. The molecule has 10 nitrogen and oxygen atoms in total. The first-order valence-corrected chi connectivity index (χ1v) is 11.2. The first-order chi connectivity index (χ1) is 15.4. The summed E-state index contributed by atoms with van der Waals surface area (Å²) >= 11 is 0. The summed E-state index contributed by atoms with van der Waals surface area (Å²) in [7, 11) is 1.27. The summed E-state index contributed by atoms with van der Waals surface area (Å²) in [4.78, 5) is 67.7. The van der Waals surface area contributed by atoms with Gasteiger partial charge in [0.2, 0.25) is 0 Å². The molecular weight excluding hydrogens is 432 g/mol. The second kappa shape index (κ2) is 8.87. The highest BCUT2D eigenvalue weighted by Crippen LogP contribution is 2.64. The van der Waals surface area contributed by atoms with Gasteiger partial charge in [-0.05, 0) is 23.7 Å². The van der Waals surface area contributed by atoms with E-state index in [-0.39, 0.29) is 24.5 Å². The maximum Gasteiger partial charge on any atom is 0.310 e. The second-order valence-electron chi connectivity index (χ2n) is 9.77. The molecular formula is C23H32N2O8. The van der Waals surface area contributed by atoms with Gasteiger partial charge in [0.1, 0.15) is 5.84 Å². The topological polar surface area (TPSA) is 151 Å². The van der Waals surface area contributed by atoms with Crippen LogP contribution in [0.4, 0.5) is 0 Å². The normalized spacial score (nSPS) is 38.5. The highest BCUT2D eigenvalue weighted by Gasteiger charge is 2.68. The minimum atomic E-state index is -1.19. The lowest BCUT2D eigenvalue weighted by Gasteiger charge is -2.60. The van der Waals surface area contributed by atoms with E-state index >= 15 is 0 Å². The van der Waals surface area contributed by atoms with Gasteiger partial charge < -0.3 is 19.9 Å². The van der Waals surface area contributed by atoms with Crippen molar-refractivity contribution in [1.82, 2.24) is 0 Å². The number of cyclic esters (lactones) is 1. The Bertz CT molecular complexity index is 914. The molecule has 1 aliphatic heterocycles. The zero-order valence-electron chi connectivity index (χ0n) is 19.7. The van der Waals surface area contributed by atoms with Crippen LogP contribution in [-0.4, -0.2) is 54.8 Å². The van der Waals surface area contributed by atoms with Crippen molar-refractivity contribution in [2.24, 2.45) is 39.3 Å². The van der Waals surface area contributed by atoms with Crippen molar-refractivity contribution >= 4 is 35.4 Å². The summed E-state index contributed by atoms with van der Waals surface area (Å²) in [5, 5.41) is 0. The Labute approximate surface area is 192 Å². The fourth-order valence-electron chi connectivity index (χ4n) is 6.25. The molecule has 1 heterocycles. The number of hydrogen-bond donors (Lipinski definition) is 1. The zero-order chi connectivity index (χ0) is 24.7. The smallest absolute Gasteiger partial charge is 0.310 e. The summed E-state index contributed by atoms with van der Waals surface area (Å²) in [6.45, 7) is 6.55. The van der Waals surface area contributed by atoms with E-state index in [1.165, 1.54) is 14.0 Å². The van der Waals surface area contributed by atoms with Crippen molar-refractivity contribution in [3.05, 3.63) is 0 Å². The zero-order valence-corrected chi connectivity index (χ0v) is 19.7. The molecule has 2 aliphatic carbocycles. The molecule has 0 aromatic rings. The van der Waals surface area contributed by atoms with Gasteiger partial charge in [-0.25, -0.2) is 0 Å². The number of methoxy groups -OCH3 is 1. The Morgan fingerprint density at radius 2 is 1.88 bits per heavy atom. The van der Waals surface area contributed by atoms with Crippen LogP contribution in [0.5, 0.6) is 0 Å². The number of carbonyl (C=O) groups excluding carboxylic acids is 5. The number of esters is 3. The maximum atomic E-state index is 13.7. The first-order valence-electron chi connectivity index (χ1n) is 11.2. The molecule has 0 spiro atoms. The molecule has 3 rings (SSSR count). The van der Waals surface area contributed by atoms with Crippen molar-refractivity contribution < 1.29 is 38.2 Å². The van der Waals surface area contributed by atoms with Gasteiger partial charge in [0, 0.05) is 32.1 Å². The van der Waals surface area contributed by atoms with Crippen molar-refractivity contribution in [3.63, 3.8) is 0 Å². The van der Waals surface area contributed by atoms with Gasteiger partial charge in [-0.1, -0.05) is 20.8 Å². The molecule has 33 heavy (non-hydrogen) atoms. The number of Topliss-reactive ketones (excluding diaryl/α,β-unsaturated/α-hetero) is 1. The van der Waals surface area contributed by atoms with Crippen molar-refractivity contribution in [2.45, 2.75) is 72.0 Å². The van der Waals surface area contributed by atoms with Gasteiger partial charge in [0.15, 0.2) is 18.0 Å². The summed E-state index contributed by atoms with van der Waals surface area (Å²) in [6.07, 6.45) is -1.10. The third-order valence-corrected chi connectivity index (χ3v) is 7.79. The third kappa shape index (κ3) is 4.15. The highest BCUT2D eigenvalue weighted by molar-refractivity contribution is 5.97. The minimum Gasteiger partial charge on any atom is -0.469 e. The van der Waals surface area contributed by atoms with Crippen LogP contribution in [0.25, 0.3) is 0 Å². The number of rotatable bonds is 4. The van der Waals surface area contributed by atoms with Crippen LogP contribution in [0.15, 0.2) is 4.99 Å². The van der Waals surface area contributed by atoms with Crippen LogP contribution >= 0.6 is 0 Å². The molecule has 182 valence electrons. The predicted molar refractivity (Wildman–Crippen MR) is 115 cm³/mol. The average Bonchev–Trinajstić information content (AvgIpc) is 2.73. The van der Waals surface area contributed by atoms with E-state index in [9.17, 15) is 24.0 Å². The largest absolute Gasteiger partial charge is 0.469 e. The van der Waals surface area contributed by atoms with Crippen LogP contribution in [0.2, 0.25) is 0 Å². The van der Waals surface area contributed by atoms with Crippen molar-refractivity contribution in [2.75, 3.05) is 7.11 Å². The minimum absolute atomic E-state index is 0.0168. The lowest BCUT2D eigenvalue weighted by molar-refractivity contribution is -0.210. The molecule has 3 fully saturated rings. The number of aliphatic imine (C=N–C) groups is 1. The van der Waals surface area contributed by atoms with Crippen LogP contribution < -0.4 is 5.73 Å².